The Balaban J connectivity index is 1.82. The Hall–Kier alpha value is -1.83. The van der Waals surface area contributed by atoms with Gasteiger partial charge in [0.25, 0.3) is 5.95 Å². The van der Waals surface area contributed by atoms with Gasteiger partial charge in [-0.1, -0.05) is 12.8 Å². The van der Waals surface area contributed by atoms with Crippen LogP contribution in [0.3, 0.4) is 0 Å². The van der Waals surface area contributed by atoms with Crippen LogP contribution in [0.25, 0.3) is 5.95 Å². The van der Waals surface area contributed by atoms with Crippen molar-refractivity contribution >= 4 is 23.7 Å². The predicted molar refractivity (Wildman–Crippen MR) is 84.5 cm³/mol. The molecular formula is C13H19N7S. The van der Waals surface area contributed by atoms with Gasteiger partial charge in [0.1, 0.15) is 0 Å². The first kappa shape index (κ1) is 14.1. The summed E-state index contributed by atoms with van der Waals surface area (Å²) in [5.74, 6) is 1.17. The molecule has 0 aliphatic heterocycles. The topological polar surface area (TPSA) is 94.5 Å². The number of nitrogens with one attached hydrogen (secondary N) is 1. The van der Waals surface area contributed by atoms with Crippen molar-refractivity contribution in [2.24, 2.45) is 0 Å². The molecule has 0 amide bonds. The van der Waals surface area contributed by atoms with Crippen molar-refractivity contribution in [3.05, 3.63) is 18.5 Å². The number of nitrogen functional groups attached to an aromatic ring is 1. The molecule has 2 unspecified atom stereocenters. The van der Waals surface area contributed by atoms with E-state index < -0.39 is 0 Å². The molecule has 112 valence electrons. The minimum atomic E-state index is 0.203. The van der Waals surface area contributed by atoms with E-state index in [-0.39, 0.29) is 5.95 Å². The lowest BCUT2D eigenvalue weighted by Crippen LogP contribution is -2.35. The van der Waals surface area contributed by atoms with Crippen LogP contribution in [0.4, 0.5) is 11.9 Å². The van der Waals surface area contributed by atoms with E-state index in [1.165, 1.54) is 19.3 Å². The molecule has 21 heavy (non-hydrogen) atoms. The largest absolute Gasteiger partial charge is 0.368 e. The molecule has 0 saturated heterocycles. The first-order valence-electron chi connectivity index (χ1n) is 7.07. The summed E-state index contributed by atoms with van der Waals surface area (Å²) in [6.45, 7) is 0. The Morgan fingerprint density at radius 2 is 2.14 bits per heavy atom. The minimum Gasteiger partial charge on any atom is -0.368 e. The first-order valence-corrected chi connectivity index (χ1v) is 8.36. The molecule has 0 aromatic carbocycles. The average molecular weight is 305 g/mol. The molecule has 0 radical (unpaired) electrons. The van der Waals surface area contributed by atoms with Crippen molar-refractivity contribution in [2.75, 3.05) is 17.3 Å². The second kappa shape index (κ2) is 6.30. The molecule has 8 heteroatoms. The van der Waals surface area contributed by atoms with E-state index in [9.17, 15) is 0 Å². The summed E-state index contributed by atoms with van der Waals surface area (Å²) in [6.07, 6.45) is 10.5. The monoisotopic (exact) mass is 305 g/mol. The lowest BCUT2D eigenvalue weighted by atomic mass is 9.95. The van der Waals surface area contributed by atoms with Crippen molar-refractivity contribution in [3.8, 4) is 5.95 Å². The summed E-state index contributed by atoms with van der Waals surface area (Å²) < 4.78 is 1.58. The SMILES string of the molecule is CSC1CCCCC1Nc1nc(N)nc(-n2cccn2)n1. The van der Waals surface area contributed by atoms with Gasteiger partial charge in [-0.3, -0.25) is 0 Å². The highest BCUT2D eigenvalue weighted by Gasteiger charge is 2.25. The van der Waals surface area contributed by atoms with Gasteiger partial charge in [0.05, 0.1) is 0 Å². The summed E-state index contributed by atoms with van der Waals surface area (Å²) in [5, 5.41) is 8.13. The standard InChI is InChI=1S/C13H19N7S/c1-21-10-6-3-2-5-9(10)16-12-17-11(14)18-13(19-12)20-8-4-7-15-20/h4,7-10H,2-3,5-6H2,1H3,(H3,14,16,17,18,19). The van der Waals surface area contributed by atoms with Gasteiger partial charge in [-0.2, -0.15) is 31.8 Å². The molecule has 1 aliphatic rings. The van der Waals surface area contributed by atoms with Crippen LogP contribution in [0, 0.1) is 0 Å². The van der Waals surface area contributed by atoms with Gasteiger partial charge in [0, 0.05) is 23.7 Å². The third kappa shape index (κ3) is 3.26. The predicted octanol–water partition coefficient (Wildman–Crippen LogP) is 1.73. The Bertz CT molecular complexity index is 586. The molecule has 3 rings (SSSR count). The Kier molecular flexibility index (Phi) is 4.23. The van der Waals surface area contributed by atoms with Crippen LogP contribution in [-0.4, -0.2) is 42.3 Å². The molecule has 0 spiro atoms. The zero-order valence-corrected chi connectivity index (χ0v) is 12.8. The van der Waals surface area contributed by atoms with Gasteiger partial charge in [-0.05, 0) is 25.2 Å². The maximum absolute atomic E-state index is 5.79. The summed E-state index contributed by atoms with van der Waals surface area (Å²) in [6, 6.07) is 2.19. The number of rotatable bonds is 4. The van der Waals surface area contributed by atoms with Crippen molar-refractivity contribution in [1.29, 1.82) is 0 Å². The lowest BCUT2D eigenvalue weighted by molar-refractivity contribution is 0.473. The maximum Gasteiger partial charge on any atom is 0.257 e. The minimum absolute atomic E-state index is 0.203. The van der Waals surface area contributed by atoms with Crippen LogP contribution in [0.15, 0.2) is 18.5 Å². The lowest BCUT2D eigenvalue weighted by Gasteiger charge is -2.30. The second-order valence-corrected chi connectivity index (χ2v) is 6.15. The van der Waals surface area contributed by atoms with Gasteiger partial charge >= 0.3 is 0 Å². The molecule has 7 nitrogen and oxygen atoms in total. The van der Waals surface area contributed by atoms with E-state index in [2.05, 4.69) is 31.6 Å². The molecule has 0 bridgehead atoms. The third-order valence-corrected chi connectivity index (χ3v) is 4.84. The van der Waals surface area contributed by atoms with E-state index in [0.29, 0.717) is 23.2 Å². The van der Waals surface area contributed by atoms with Crippen molar-refractivity contribution in [1.82, 2.24) is 24.7 Å². The number of aromatic nitrogens is 5. The van der Waals surface area contributed by atoms with Crippen LogP contribution >= 0.6 is 11.8 Å². The molecule has 2 aromatic heterocycles. The normalized spacial score (nSPS) is 22.1. The number of anilines is 2. The van der Waals surface area contributed by atoms with Gasteiger partial charge < -0.3 is 11.1 Å². The highest BCUT2D eigenvalue weighted by Crippen LogP contribution is 2.29. The van der Waals surface area contributed by atoms with E-state index in [4.69, 9.17) is 5.73 Å². The molecule has 1 fully saturated rings. The number of hydrogen-bond donors (Lipinski definition) is 2. The molecule has 2 atom stereocenters. The highest BCUT2D eigenvalue weighted by molar-refractivity contribution is 7.99. The number of hydrogen-bond acceptors (Lipinski definition) is 7. The van der Waals surface area contributed by atoms with Gasteiger partial charge in [0.2, 0.25) is 11.9 Å². The number of nitrogens with zero attached hydrogens (tertiary/aromatic N) is 5. The second-order valence-electron chi connectivity index (χ2n) is 5.08. The van der Waals surface area contributed by atoms with Crippen molar-refractivity contribution < 1.29 is 0 Å². The smallest absolute Gasteiger partial charge is 0.257 e. The van der Waals surface area contributed by atoms with Crippen molar-refractivity contribution in [3.63, 3.8) is 0 Å². The Labute approximate surface area is 127 Å². The van der Waals surface area contributed by atoms with E-state index in [1.54, 1.807) is 17.1 Å². The number of thioether (sulfide) groups is 1. The number of nitrogens with two attached hydrogens (primary N) is 1. The van der Waals surface area contributed by atoms with Crippen LogP contribution in [-0.2, 0) is 0 Å². The van der Waals surface area contributed by atoms with E-state index in [0.717, 1.165) is 6.42 Å². The summed E-state index contributed by atoms with van der Waals surface area (Å²) in [4.78, 5) is 12.7. The van der Waals surface area contributed by atoms with E-state index >= 15 is 0 Å². The zero-order valence-electron chi connectivity index (χ0n) is 11.9. The molecule has 2 aromatic rings. The van der Waals surface area contributed by atoms with Gasteiger partial charge in [-0.15, -0.1) is 0 Å². The Morgan fingerprint density at radius 3 is 2.90 bits per heavy atom. The molecule has 1 aliphatic carbocycles. The van der Waals surface area contributed by atoms with Crippen LogP contribution < -0.4 is 11.1 Å². The quantitative estimate of drug-likeness (QED) is 0.888. The Morgan fingerprint density at radius 1 is 1.29 bits per heavy atom. The molecular weight excluding hydrogens is 286 g/mol. The fourth-order valence-electron chi connectivity index (χ4n) is 2.64. The van der Waals surface area contributed by atoms with Gasteiger partial charge in [0.15, 0.2) is 0 Å². The van der Waals surface area contributed by atoms with Crippen LogP contribution in [0.1, 0.15) is 25.7 Å². The van der Waals surface area contributed by atoms with Gasteiger partial charge in [-0.25, -0.2) is 4.68 Å². The highest BCUT2D eigenvalue weighted by atomic mass is 32.2. The fraction of sp³-hybridized carbons (Fsp3) is 0.538. The first-order chi connectivity index (χ1) is 10.3. The fourth-order valence-corrected chi connectivity index (χ4v) is 3.58. The molecule has 3 N–H and O–H groups in total. The molecule has 2 heterocycles. The average Bonchev–Trinajstić information content (AvgIpc) is 3.01. The van der Waals surface area contributed by atoms with Crippen LogP contribution in [0.2, 0.25) is 0 Å². The maximum atomic E-state index is 5.79. The summed E-state index contributed by atoms with van der Waals surface area (Å²) in [5.41, 5.74) is 5.79. The molecule has 1 saturated carbocycles. The van der Waals surface area contributed by atoms with Crippen molar-refractivity contribution in [2.45, 2.75) is 37.0 Å². The summed E-state index contributed by atoms with van der Waals surface area (Å²) in [7, 11) is 0. The third-order valence-electron chi connectivity index (χ3n) is 3.67. The van der Waals surface area contributed by atoms with Crippen LogP contribution in [0.5, 0.6) is 0 Å². The zero-order chi connectivity index (χ0) is 14.7. The van der Waals surface area contributed by atoms with E-state index in [1.807, 2.05) is 17.8 Å². The summed E-state index contributed by atoms with van der Waals surface area (Å²) >= 11 is 1.90.